The van der Waals surface area contributed by atoms with Crippen LogP contribution in [0, 0.1) is 5.82 Å². The van der Waals surface area contributed by atoms with Crippen LogP contribution in [0.1, 0.15) is 11.7 Å². The quantitative estimate of drug-likeness (QED) is 0.695. The van der Waals surface area contributed by atoms with Crippen LogP contribution in [0.4, 0.5) is 9.18 Å². The van der Waals surface area contributed by atoms with E-state index < -0.39 is 18.0 Å². The van der Waals surface area contributed by atoms with Crippen LogP contribution >= 0.6 is 11.6 Å². The van der Waals surface area contributed by atoms with Gasteiger partial charge in [-0.25, -0.2) is 9.18 Å². The second-order valence-corrected chi connectivity index (χ2v) is 4.23. The van der Waals surface area contributed by atoms with Crippen LogP contribution in [0.2, 0.25) is 5.02 Å². The number of aliphatic hydroxyl groups excluding tert-OH is 1. The molecule has 0 radical (unpaired) electrons. The summed E-state index contributed by atoms with van der Waals surface area (Å²) >= 11 is 5.54. The van der Waals surface area contributed by atoms with Crippen LogP contribution in [0.15, 0.2) is 18.2 Å². The zero-order valence-corrected chi connectivity index (χ0v) is 11.2. The van der Waals surface area contributed by atoms with E-state index in [2.05, 4.69) is 10.6 Å². The van der Waals surface area contributed by atoms with Crippen LogP contribution in [0.5, 0.6) is 0 Å². The molecule has 7 heteroatoms. The highest BCUT2D eigenvalue weighted by Gasteiger charge is 2.11. The maximum absolute atomic E-state index is 13.2. The molecule has 19 heavy (non-hydrogen) atoms. The molecule has 1 aromatic rings. The van der Waals surface area contributed by atoms with Gasteiger partial charge in [0.2, 0.25) is 0 Å². The zero-order valence-electron chi connectivity index (χ0n) is 10.5. The average molecular weight is 291 g/mol. The number of amides is 2. The van der Waals surface area contributed by atoms with Gasteiger partial charge in [0.1, 0.15) is 5.82 Å². The summed E-state index contributed by atoms with van der Waals surface area (Å²) in [5, 5.41) is 14.8. The molecule has 0 saturated carbocycles. The molecular formula is C12H16ClFN2O3. The Morgan fingerprint density at radius 1 is 1.53 bits per heavy atom. The molecule has 0 aliphatic rings. The van der Waals surface area contributed by atoms with Gasteiger partial charge in [0.25, 0.3) is 0 Å². The summed E-state index contributed by atoms with van der Waals surface area (Å²) < 4.78 is 18.0. The maximum atomic E-state index is 13.2. The van der Waals surface area contributed by atoms with E-state index in [4.69, 9.17) is 16.3 Å². The van der Waals surface area contributed by atoms with Crippen molar-refractivity contribution in [3.05, 3.63) is 34.6 Å². The van der Waals surface area contributed by atoms with Gasteiger partial charge in [-0.05, 0) is 17.7 Å². The summed E-state index contributed by atoms with van der Waals surface area (Å²) in [6.07, 6.45) is -1.00. The van der Waals surface area contributed by atoms with E-state index in [1.54, 1.807) is 0 Å². The van der Waals surface area contributed by atoms with E-state index in [9.17, 15) is 14.3 Å². The number of carbonyl (C=O) groups is 1. The van der Waals surface area contributed by atoms with E-state index in [0.29, 0.717) is 18.7 Å². The number of aliphatic hydroxyl groups is 1. The van der Waals surface area contributed by atoms with E-state index in [0.717, 1.165) is 6.07 Å². The summed E-state index contributed by atoms with van der Waals surface area (Å²) in [7, 11) is 1.53. The minimum atomic E-state index is -1.00. The van der Waals surface area contributed by atoms with Crippen LogP contribution in [0.3, 0.4) is 0 Å². The number of ether oxygens (including phenoxy) is 1. The molecule has 0 aromatic heterocycles. The van der Waals surface area contributed by atoms with Gasteiger partial charge < -0.3 is 20.5 Å². The topological polar surface area (TPSA) is 70.6 Å². The summed E-state index contributed by atoms with van der Waals surface area (Å²) in [6, 6.07) is 3.57. The Morgan fingerprint density at radius 2 is 2.26 bits per heavy atom. The van der Waals surface area contributed by atoms with Crippen molar-refractivity contribution in [3.8, 4) is 0 Å². The number of benzene rings is 1. The minimum Gasteiger partial charge on any atom is -0.387 e. The van der Waals surface area contributed by atoms with E-state index in [-0.39, 0.29) is 11.6 Å². The third-order valence-electron chi connectivity index (χ3n) is 2.38. The van der Waals surface area contributed by atoms with Crippen molar-refractivity contribution in [3.63, 3.8) is 0 Å². The predicted octanol–water partition coefficient (Wildman–Crippen LogP) is 1.46. The largest absolute Gasteiger partial charge is 0.387 e. The fourth-order valence-corrected chi connectivity index (χ4v) is 1.47. The van der Waals surface area contributed by atoms with Crippen LogP contribution in [-0.2, 0) is 4.74 Å². The van der Waals surface area contributed by atoms with Gasteiger partial charge in [-0.1, -0.05) is 17.7 Å². The third-order valence-corrected chi connectivity index (χ3v) is 2.68. The van der Waals surface area contributed by atoms with Gasteiger partial charge in [0.05, 0.1) is 17.7 Å². The van der Waals surface area contributed by atoms with Gasteiger partial charge in [0, 0.05) is 20.2 Å². The van der Waals surface area contributed by atoms with Gasteiger partial charge in [0.15, 0.2) is 0 Å². The molecule has 0 aliphatic carbocycles. The Kier molecular flexibility index (Phi) is 6.55. The lowest BCUT2D eigenvalue weighted by Crippen LogP contribution is -2.39. The van der Waals surface area contributed by atoms with Crippen molar-refractivity contribution in [2.45, 2.75) is 6.10 Å². The zero-order chi connectivity index (χ0) is 14.3. The summed E-state index contributed by atoms with van der Waals surface area (Å²) in [4.78, 5) is 11.3. The molecule has 106 valence electrons. The van der Waals surface area contributed by atoms with Crippen molar-refractivity contribution >= 4 is 17.6 Å². The fraction of sp³-hybridized carbons (Fsp3) is 0.417. The van der Waals surface area contributed by atoms with Gasteiger partial charge in [-0.2, -0.15) is 0 Å². The summed E-state index contributed by atoms with van der Waals surface area (Å²) in [6.45, 7) is 0.742. The lowest BCUT2D eigenvalue weighted by molar-refractivity contribution is 0.170. The number of nitrogens with one attached hydrogen (secondary N) is 2. The number of hydrogen-bond donors (Lipinski definition) is 3. The smallest absolute Gasteiger partial charge is 0.314 e. The molecule has 5 nitrogen and oxygen atoms in total. The first-order valence-corrected chi connectivity index (χ1v) is 6.06. The SMILES string of the molecule is COCCNC(=O)NCC(O)c1ccc(Cl)c(F)c1. The van der Waals surface area contributed by atoms with Gasteiger partial charge in [-0.3, -0.25) is 0 Å². The van der Waals surface area contributed by atoms with Crippen LogP contribution in [-0.4, -0.2) is 37.9 Å². The number of urea groups is 1. The Balaban J connectivity index is 2.40. The highest BCUT2D eigenvalue weighted by molar-refractivity contribution is 6.30. The van der Waals surface area contributed by atoms with E-state index >= 15 is 0 Å². The predicted molar refractivity (Wildman–Crippen MR) is 69.6 cm³/mol. The number of carbonyl (C=O) groups excluding carboxylic acids is 1. The van der Waals surface area contributed by atoms with Gasteiger partial charge >= 0.3 is 6.03 Å². The monoisotopic (exact) mass is 290 g/mol. The molecule has 2 amide bonds. The normalized spacial score (nSPS) is 12.0. The van der Waals surface area contributed by atoms with Crippen molar-refractivity contribution in [2.24, 2.45) is 0 Å². The first kappa shape index (κ1) is 15.7. The van der Waals surface area contributed by atoms with Crippen molar-refractivity contribution in [2.75, 3.05) is 26.8 Å². The number of halogens is 2. The molecule has 0 bridgehead atoms. The maximum Gasteiger partial charge on any atom is 0.314 e. The van der Waals surface area contributed by atoms with E-state index in [1.807, 2.05) is 0 Å². The average Bonchev–Trinajstić information content (AvgIpc) is 2.39. The molecule has 1 atom stereocenters. The molecule has 1 rings (SSSR count). The Hall–Kier alpha value is -1.37. The molecule has 0 heterocycles. The van der Waals surface area contributed by atoms with Crippen LogP contribution in [0.25, 0.3) is 0 Å². The number of rotatable bonds is 6. The number of methoxy groups -OCH3 is 1. The van der Waals surface area contributed by atoms with Crippen molar-refractivity contribution in [1.82, 2.24) is 10.6 Å². The Morgan fingerprint density at radius 3 is 2.89 bits per heavy atom. The Labute approximate surface area is 115 Å². The molecular weight excluding hydrogens is 275 g/mol. The number of hydrogen-bond acceptors (Lipinski definition) is 3. The molecule has 1 unspecified atom stereocenters. The lowest BCUT2D eigenvalue weighted by atomic mass is 10.1. The lowest BCUT2D eigenvalue weighted by Gasteiger charge is -2.13. The van der Waals surface area contributed by atoms with E-state index in [1.165, 1.54) is 19.2 Å². The Bertz CT molecular complexity index is 431. The molecule has 1 aromatic carbocycles. The minimum absolute atomic E-state index is 0.0128. The van der Waals surface area contributed by atoms with Crippen molar-refractivity contribution in [1.29, 1.82) is 0 Å². The molecule has 0 aliphatic heterocycles. The molecule has 0 saturated heterocycles. The van der Waals surface area contributed by atoms with Crippen molar-refractivity contribution < 1.29 is 19.0 Å². The highest BCUT2D eigenvalue weighted by atomic mass is 35.5. The second-order valence-electron chi connectivity index (χ2n) is 3.82. The summed E-state index contributed by atoms with van der Waals surface area (Å²) in [5.41, 5.74) is 0.346. The van der Waals surface area contributed by atoms with Crippen LogP contribution < -0.4 is 10.6 Å². The standard InChI is InChI=1S/C12H16ClFN2O3/c1-19-5-4-15-12(18)16-7-11(17)8-2-3-9(13)10(14)6-8/h2-3,6,11,17H,4-5,7H2,1H3,(H2,15,16,18). The first-order valence-electron chi connectivity index (χ1n) is 5.68. The first-order chi connectivity index (χ1) is 9.04. The molecule has 0 fully saturated rings. The second kappa shape index (κ2) is 7.93. The molecule has 3 N–H and O–H groups in total. The summed E-state index contributed by atoms with van der Waals surface area (Å²) in [5.74, 6) is -0.609. The highest BCUT2D eigenvalue weighted by Crippen LogP contribution is 2.19. The fourth-order valence-electron chi connectivity index (χ4n) is 1.36. The van der Waals surface area contributed by atoms with Gasteiger partial charge in [-0.15, -0.1) is 0 Å². The third kappa shape index (κ3) is 5.42. The molecule has 0 spiro atoms.